The maximum Gasteiger partial charge on any atom is 0.245 e. The number of benzene rings is 1. The third kappa shape index (κ3) is 5.70. The number of likely N-dealkylation sites (N-methyl/N-ethyl adjacent to an activating group) is 1. The van der Waals surface area contributed by atoms with Crippen LogP contribution in [0.1, 0.15) is 32.3 Å². The summed E-state index contributed by atoms with van der Waals surface area (Å²) in [5.74, 6) is 1.27. The van der Waals surface area contributed by atoms with E-state index in [9.17, 15) is 9.59 Å². The van der Waals surface area contributed by atoms with Gasteiger partial charge in [0.05, 0.1) is 0 Å². The van der Waals surface area contributed by atoms with Crippen LogP contribution in [0.2, 0.25) is 0 Å². The zero-order chi connectivity index (χ0) is 21.0. The van der Waals surface area contributed by atoms with Crippen LogP contribution < -0.4 is 15.4 Å². The lowest BCUT2D eigenvalue weighted by atomic mass is 9.99. The minimum atomic E-state index is -0.381. The van der Waals surface area contributed by atoms with Gasteiger partial charge in [0.2, 0.25) is 11.8 Å². The Labute approximate surface area is 173 Å². The van der Waals surface area contributed by atoms with Crippen LogP contribution >= 0.6 is 0 Å². The number of hydrogen-bond donors (Lipinski definition) is 2. The molecule has 0 spiro atoms. The molecular formula is C22H34N4O3. The van der Waals surface area contributed by atoms with E-state index in [0.29, 0.717) is 38.5 Å². The molecule has 0 aliphatic carbocycles. The van der Waals surface area contributed by atoms with Gasteiger partial charge < -0.3 is 25.2 Å². The van der Waals surface area contributed by atoms with Crippen molar-refractivity contribution in [3.63, 3.8) is 0 Å². The maximum absolute atomic E-state index is 12.8. The van der Waals surface area contributed by atoms with E-state index >= 15 is 0 Å². The van der Waals surface area contributed by atoms with Gasteiger partial charge in [0.15, 0.2) is 0 Å². The molecule has 0 saturated carbocycles. The fourth-order valence-corrected chi connectivity index (χ4v) is 3.99. The van der Waals surface area contributed by atoms with Crippen molar-refractivity contribution in [3.8, 4) is 5.75 Å². The monoisotopic (exact) mass is 402 g/mol. The Balaban J connectivity index is 1.53. The van der Waals surface area contributed by atoms with Crippen molar-refractivity contribution in [1.29, 1.82) is 0 Å². The minimum Gasteiger partial charge on any atom is -0.492 e. The molecule has 3 atom stereocenters. The van der Waals surface area contributed by atoms with E-state index in [1.165, 1.54) is 0 Å². The first-order valence-corrected chi connectivity index (χ1v) is 10.5. The molecule has 2 fully saturated rings. The summed E-state index contributed by atoms with van der Waals surface area (Å²) in [6.45, 7) is 6.93. The molecule has 0 unspecified atom stereocenters. The molecule has 2 amide bonds. The van der Waals surface area contributed by atoms with Crippen LogP contribution in [0, 0.1) is 5.92 Å². The van der Waals surface area contributed by atoms with Gasteiger partial charge in [-0.3, -0.25) is 9.59 Å². The fourth-order valence-electron chi connectivity index (χ4n) is 3.99. The summed E-state index contributed by atoms with van der Waals surface area (Å²) in [7, 11) is 4.05. The number of nitrogens with zero attached hydrogens (tertiary/aromatic N) is 2. The first kappa shape index (κ1) is 21.6. The fraction of sp³-hybridized carbons (Fsp3) is 0.636. The molecule has 0 aromatic heterocycles. The van der Waals surface area contributed by atoms with Gasteiger partial charge in [0.1, 0.15) is 24.4 Å². The lowest BCUT2D eigenvalue weighted by molar-refractivity contribution is -0.147. The summed E-state index contributed by atoms with van der Waals surface area (Å²) < 4.78 is 5.80. The largest absolute Gasteiger partial charge is 0.492 e. The first-order valence-electron chi connectivity index (χ1n) is 10.5. The topological polar surface area (TPSA) is 73.9 Å². The van der Waals surface area contributed by atoms with Gasteiger partial charge in [0.25, 0.3) is 0 Å². The Morgan fingerprint density at radius 2 is 2.10 bits per heavy atom. The van der Waals surface area contributed by atoms with Crippen LogP contribution in [-0.2, 0) is 16.1 Å². The van der Waals surface area contributed by atoms with Crippen molar-refractivity contribution in [2.45, 2.75) is 51.4 Å². The second-order valence-corrected chi connectivity index (χ2v) is 8.81. The van der Waals surface area contributed by atoms with Crippen LogP contribution in [0.5, 0.6) is 5.75 Å². The lowest BCUT2D eigenvalue weighted by Gasteiger charge is -2.35. The average Bonchev–Trinajstić information content (AvgIpc) is 3.09. The van der Waals surface area contributed by atoms with Gasteiger partial charge in [-0.2, -0.15) is 0 Å². The smallest absolute Gasteiger partial charge is 0.245 e. The summed E-state index contributed by atoms with van der Waals surface area (Å²) in [4.78, 5) is 29.1. The normalized spacial score (nSPS) is 24.2. The highest BCUT2D eigenvalue weighted by atomic mass is 16.5. The molecule has 0 radical (unpaired) electrons. The molecule has 0 bridgehead atoms. The molecule has 2 N–H and O–H groups in total. The van der Waals surface area contributed by atoms with Gasteiger partial charge in [-0.05, 0) is 50.6 Å². The number of amides is 2. The van der Waals surface area contributed by atoms with Gasteiger partial charge in [-0.15, -0.1) is 0 Å². The van der Waals surface area contributed by atoms with E-state index in [0.717, 1.165) is 17.9 Å². The van der Waals surface area contributed by atoms with Crippen molar-refractivity contribution < 1.29 is 14.3 Å². The molecule has 29 heavy (non-hydrogen) atoms. The molecule has 1 aromatic rings. The molecule has 2 saturated heterocycles. The van der Waals surface area contributed by atoms with Crippen molar-refractivity contribution >= 4 is 11.8 Å². The number of fused-ring (bicyclic) bond motifs is 1. The summed E-state index contributed by atoms with van der Waals surface area (Å²) in [5.41, 5.74) is 1.13. The summed E-state index contributed by atoms with van der Waals surface area (Å²) in [6, 6.07) is 7.45. The quantitative estimate of drug-likeness (QED) is 0.650. The minimum absolute atomic E-state index is 0.0177. The Kier molecular flexibility index (Phi) is 7.14. The van der Waals surface area contributed by atoms with Crippen molar-refractivity contribution in [2.24, 2.45) is 5.92 Å². The van der Waals surface area contributed by atoms with E-state index in [2.05, 4.69) is 35.4 Å². The second kappa shape index (κ2) is 9.59. The predicted octanol–water partition coefficient (Wildman–Crippen LogP) is 1.23. The standard InChI is InChI=1S/C22H34N4O3/c1-15(2)10-19-22(28)26-14-17(12-20(26)21(27)24-19)23-13-16-6-5-7-18(11-16)29-9-8-25(3)4/h5-7,11,15,17,19-20,23H,8-10,12-14H2,1-4H3,(H,24,27)/t17-,19+,20-/m0/s1. The van der Waals surface area contributed by atoms with Crippen molar-refractivity contribution in [1.82, 2.24) is 20.4 Å². The van der Waals surface area contributed by atoms with E-state index in [4.69, 9.17) is 4.74 Å². The van der Waals surface area contributed by atoms with Crippen molar-refractivity contribution in [2.75, 3.05) is 33.8 Å². The molecule has 2 aliphatic heterocycles. The highest BCUT2D eigenvalue weighted by molar-refractivity contribution is 5.97. The van der Waals surface area contributed by atoms with E-state index in [-0.39, 0.29) is 29.9 Å². The van der Waals surface area contributed by atoms with Crippen LogP contribution in [0.3, 0.4) is 0 Å². The molecule has 7 nitrogen and oxygen atoms in total. The third-order valence-electron chi connectivity index (χ3n) is 5.51. The van der Waals surface area contributed by atoms with E-state index in [1.54, 1.807) is 4.90 Å². The Bertz CT molecular complexity index is 722. The molecule has 2 aliphatic rings. The lowest BCUT2D eigenvalue weighted by Crippen LogP contribution is -2.61. The zero-order valence-electron chi connectivity index (χ0n) is 18.0. The summed E-state index contributed by atoms with van der Waals surface area (Å²) in [6.07, 6.45) is 1.34. The van der Waals surface area contributed by atoms with E-state index < -0.39 is 0 Å². The van der Waals surface area contributed by atoms with E-state index in [1.807, 2.05) is 32.3 Å². The van der Waals surface area contributed by atoms with Gasteiger partial charge >= 0.3 is 0 Å². The number of nitrogens with one attached hydrogen (secondary N) is 2. The third-order valence-corrected chi connectivity index (χ3v) is 5.51. The molecular weight excluding hydrogens is 368 g/mol. The molecule has 1 aromatic carbocycles. The van der Waals surface area contributed by atoms with Gasteiger partial charge in [-0.25, -0.2) is 0 Å². The number of carbonyl (C=O) groups is 2. The predicted molar refractivity (Wildman–Crippen MR) is 113 cm³/mol. The zero-order valence-corrected chi connectivity index (χ0v) is 18.0. The first-order chi connectivity index (χ1) is 13.8. The van der Waals surface area contributed by atoms with Gasteiger partial charge in [-0.1, -0.05) is 26.0 Å². The average molecular weight is 403 g/mol. The molecule has 3 rings (SSSR count). The van der Waals surface area contributed by atoms with Gasteiger partial charge in [0, 0.05) is 25.7 Å². The van der Waals surface area contributed by atoms with Crippen LogP contribution in [0.25, 0.3) is 0 Å². The summed E-state index contributed by atoms with van der Waals surface area (Å²) >= 11 is 0. The SMILES string of the molecule is CC(C)C[C@H]1NC(=O)[C@@H]2C[C@H](NCc3cccc(OCCN(C)C)c3)CN2C1=O. The maximum atomic E-state index is 12.8. The van der Waals surface area contributed by atoms with Crippen LogP contribution in [-0.4, -0.2) is 73.5 Å². The number of rotatable bonds is 9. The number of ether oxygens (including phenoxy) is 1. The van der Waals surface area contributed by atoms with Crippen molar-refractivity contribution in [3.05, 3.63) is 29.8 Å². The van der Waals surface area contributed by atoms with Crippen LogP contribution in [0.4, 0.5) is 0 Å². The number of hydrogen-bond acceptors (Lipinski definition) is 5. The molecule has 7 heteroatoms. The Morgan fingerprint density at radius 3 is 2.83 bits per heavy atom. The highest BCUT2D eigenvalue weighted by Crippen LogP contribution is 2.25. The number of carbonyl (C=O) groups excluding carboxylic acids is 2. The summed E-state index contributed by atoms with van der Waals surface area (Å²) in [5, 5.41) is 6.44. The van der Waals surface area contributed by atoms with Crippen LogP contribution in [0.15, 0.2) is 24.3 Å². The number of piperazine rings is 1. The molecule has 160 valence electrons. The Hall–Kier alpha value is -2.12. The molecule has 2 heterocycles. The Morgan fingerprint density at radius 1 is 1.31 bits per heavy atom. The highest BCUT2D eigenvalue weighted by Gasteiger charge is 2.46. The second-order valence-electron chi connectivity index (χ2n) is 8.81.